The van der Waals surface area contributed by atoms with Gasteiger partial charge in [0.05, 0.1) is 0 Å². The summed E-state index contributed by atoms with van der Waals surface area (Å²) in [5.74, 6) is 0. The zero-order valence-corrected chi connectivity index (χ0v) is 12.2. The predicted octanol–water partition coefficient (Wildman–Crippen LogP) is 1.79. The highest BCUT2D eigenvalue weighted by atomic mass is 15.2. The number of hydrogen-bond donors (Lipinski definition) is 1. The summed E-state index contributed by atoms with van der Waals surface area (Å²) < 4.78 is 0. The van der Waals surface area contributed by atoms with Crippen LogP contribution in [-0.4, -0.2) is 62.2 Å². The van der Waals surface area contributed by atoms with E-state index < -0.39 is 0 Å². The average Bonchev–Trinajstić information content (AvgIpc) is 2.30. The summed E-state index contributed by atoms with van der Waals surface area (Å²) in [5.41, 5.74) is 0. The molecular formula is C14H31N3. The third-order valence-electron chi connectivity index (χ3n) is 3.99. The van der Waals surface area contributed by atoms with Gasteiger partial charge >= 0.3 is 0 Å². The second-order valence-electron chi connectivity index (χ2n) is 5.66. The summed E-state index contributed by atoms with van der Waals surface area (Å²) in [4.78, 5) is 4.98. The summed E-state index contributed by atoms with van der Waals surface area (Å²) in [6.07, 6.45) is 5.23. The maximum absolute atomic E-state index is 3.61. The van der Waals surface area contributed by atoms with Crippen LogP contribution in [-0.2, 0) is 0 Å². The molecule has 102 valence electrons. The fourth-order valence-electron chi connectivity index (χ4n) is 2.64. The Morgan fingerprint density at radius 3 is 2.59 bits per heavy atom. The molecule has 1 aliphatic heterocycles. The molecule has 0 aromatic heterocycles. The molecule has 1 atom stereocenters. The largest absolute Gasteiger partial charge is 0.313 e. The Morgan fingerprint density at radius 1 is 1.35 bits per heavy atom. The van der Waals surface area contributed by atoms with Crippen molar-refractivity contribution < 1.29 is 0 Å². The molecule has 1 saturated heterocycles. The van der Waals surface area contributed by atoms with E-state index in [0.29, 0.717) is 6.04 Å². The van der Waals surface area contributed by atoms with Crippen LogP contribution in [0.5, 0.6) is 0 Å². The smallest absolute Gasteiger partial charge is 0.0117 e. The lowest BCUT2D eigenvalue weighted by Crippen LogP contribution is -2.44. The number of hydrogen-bond acceptors (Lipinski definition) is 3. The van der Waals surface area contributed by atoms with Crippen LogP contribution in [0.4, 0.5) is 0 Å². The Morgan fingerprint density at radius 2 is 2.00 bits per heavy atom. The maximum Gasteiger partial charge on any atom is 0.0117 e. The van der Waals surface area contributed by atoms with Gasteiger partial charge in [-0.05, 0) is 53.4 Å². The van der Waals surface area contributed by atoms with Gasteiger partial charge in [-0.15, -0.1) is 0 Å². The Hall–Kier alpha value is -0.120. The van der Waals surface area contributed by atoms with Crippen molar-refractivity contribution in [1.29, 1.82) is 0 Å². The molecule has 0 aromatic carbocycles. The van der Waals surface area contributed by atoms with Crippen LogP contribution >= 0.6 is 0 Å². The van der Waals surface area contributed by atoms with Crippen molar-refractivity contribution in [2.24, 2.45) is 0 Å². The van der Waals surface area contributed by atoms with Crippen LogP contribution in [0.3, 0.4) is 0 Å². The van der Waals surface area contributed by atoms with Crippen LogP contribution in [0.25, 0.3) is 0 Å². The van der Waals surface area contributed by atoms with Crippen molar-refractivity contribution in [3.63, 3.8) is 0 Å². The van der Waals surface area contributed by atoms with Gasteiger partial charge in [0.25, 0.3) is 0 Å². The lowest BCUT2D eigenvalue weighted by Gasteiger charge is -2.35. The summed E-state index contributed by atoms with van der Waals surface area (Å²) >= 11 is 0. The standard InChI is InChI=1S/C14H31N3/c1-5-6-13(2)15-9-12-17(4)14-7-10-16(3)11-8-14/h13-15H,5-12H2,1-4H3. The number of likely N-dealkylation sites (N-methyl/N-ethyl adjacent to an activating group) is 1. The molecule has 0 aromatic rings. The molecule has 1 heterocycles. The highest BCUT2D eigenvalue weighted by Gasteiger charge is 2.19. The first-order valence-electron chi connectivity index (χ1n) is 7.25. The van der Waals surface area contributed by atoms with E-state index in [1.54, 1.807) is 0 Å². The van der Waals surface area contributed by atoms with Crippen molar-refractivity contribution >= 4 is 0 Å². The second-order valence-corrected chi connectivity index (χ2v) is 5.66. The van der Waals surface area contributed by atoms with E-state index in [0.717, 1.165) is 12.6 Å². The van der Waals surface area contributed by atoms with Gasteiger partial charge in [0, 0.05) is 25.2 Å². The van der Waals surface area contributed by atoms with Crippen molar-refractivity contribution in [1.82, 2.24) is 15.1 Å². The van der Waals surface area contributed by atoms with Crippen LogP contribution < -0.4 is 5.32 Å². The Bertz CT molecular complexity index is 188. The molecule has 1 N–H and O–H groups in total. The SMILES string of the molecule is CCCC(C)NCCN(C)C1CCN(C)CC1. The summed E-state index contributed by atoms with van der Waals surface area (Å²) in [7, 11) is 4.51. The van der Waals surface area contributed by atoms with E-state index in [2.05, 4.69) is 43.1 Å². The second kappa shape index (κ2) is 8.06. The number of piperidine rings is 1. The molecular weight excluding hydrogens is 210 g/mol. The predicted molar refractivity (Wildman–Crippen MR) is 75.5 cm³/mol. The van der Waals surface area contributed by atoms with Crippen LogP contribution in [0.2, 0.25) is 0 Å². The quantitative estimate of drug-likeness (QED) is 0.733. The first-order chi connectivity index (χ1) is 8.13. The molecule has 0 bridgehead atoms. The fraction of sp³-hybridized carbons (Fsp3) is 1.00. The highest BCUT2D eigenvalue weighted by molar-refractivity contribution is 4.77. The molecule has 0 spiro atoms. The Kier molecular flexibility index (Phi) is 7.09. The van der Waals surface area contributed by atoms with E-state index in [9.17, 15) is 0 Å². The van der Waals surface area contributed by atoms with Gasteiger partial charge in [-0.3, -0.25) is 0 Å². The lowest BCUT2D eigenvalue weighted by atomic mass is 10.0. The van der Waals surface area contributed by atoms with E-state index in [4.69, 9.17) is 0 Å². The molecule has 0 saturated carbocycles. The molecule has 17 heavy (non-hydrogen) atoms. The van der Waals surface area contributed by atoms with Gasteiger partial charge in [-0.2, -0.15) is 0 Å². The van der Waals surface area contributed by atoms with E-state index in [-0.39, 0.29) is 0 Å². The third kappa shape index (κ3) is 5.84. The minimum atomic E-state index is 0.672. The average molecular weight is 241 g/mol. The Labute approximate surface area is 108 Å². The molecule has 1 fully saturated rings. The van der Waals surface area contributed by atoms with Crippen molar-refractivity contribution in [2.45, 2.75) is 51.6 Å². The molecule has 0 amide bonds. The molecule has 1 unspecified atom stereocenters. The fourth-order valence-corrected chi connectivity index (χ4v) is 2.64. The zero-order valence-electron chi connectivity index (χ0n) is 12.2. The van der Waals surface area contributed by atoms with E-state index in [1.807, 2.05) is 0 Å². The van der Waals surface area contributed by atoms with Crippen molar-refractivity contribution in [3.05, 3.63) is 0 Å². The maximum atomic E-state index is 3.61. The van der Waals surface area contributed by atoms with Crippen LogP contribution in [0.15, 0.2) is 0 Å². The molecule has 1 rings (SSSR count). The number of likely N-dealkylation sites (tertiary alicyclic amines) is 1. The molecule has 3 heteroatoms. The Balaban J connectivity index is 2.10. The normalized spacial score (nSPS) is 21.0. The molecule has 3 nitrogen and oxygen atoms in total. The van der Waals surface area contributed by atoms with E-state index in [1.165, 1.54) is 45.3 Å². The summed E-state index contributed by atoms with van der Waals surface area (Å²) in [6, 6.07) is 1.47. The van der Waals surface area contributed by atoms with Gasteiger partial charge in [0.15, 0.2) is 0 Å². The number of rotatable bonds is 7. The third-order valence-corrected chi connectivity index (χ3v) is 3.99. The van der Waals surface area contributed by atoms with Crippen LogP contribution in [0, 0.1) is 0 Å². The minimum Gasteiger partial charge on any atom is -0.313 e. The minimum absolute atomic E-state index is 0.672. The first-order valence-corrected chi connectivity index (χ1v) is 7.25. The van der Waals surface area contributed by atoms with Gasteiger partial charge in [0.2, 0.25) is 0 Å². The monoisotopic (exact) mass is 241 g/mol. The van der Waals surface area contributed by atoms with Crippen molar-refractivity contribution in [3.8, 4) is 0 Å². The summed E-state index contributed by atoms with van der Waals surface area (Å²) in [5, 5.41) is 3.61. The molecule has 1 aliphatic rings. The van der Waals surface area contributed by atoms with Crippen molar-refractivity contribution in [2.75, 3.05) is 40.3 Å². The van der Waals surface area contributed by atoms with Gasteiger partial charge in [-0.1, -0.05) is 13.3 Å². The van der Waals surface area contributed by atoms with Gasteiger partial charge in [0.1, 0.15) is 0 Å². The number of nitrogens with zero attached hydrogens (tertiary/aromatic N) is 2. The topological polar surface area (TPSA) is 18.5 Å². The van der Waals surface area contributed by atoms with Gasteiger partial charge < -0.3 is 15.1 Å². The zero-order chi connectivity index (χ0) is 12.7. The summed E-state index contributed by atoms with van der Waals surface area (Å²) in [6.45, 7) is 9.37. The molecule has 0 aliphatic carbocycles. The number of nitrogens with one attached hydrogen (secondary N) is 1. The van der Waals surface area contributed by atoms with Gasteiger partial charge in [-0.25, -0.2) is 0 Å². The lowest BCUT2D eigenvalue weighted by molar-refractivity contribution is 0.144. The van der Waals surface area contributed by atoms with E-state index >= 15 is 0 Å². The molecule has 0 radical (unpaired) electrons. The first kappa shape index (κ1) is 14.9. The highest BCUT2D eigenvalue weighted by Crippen LogP contribution is 2.13. The van der Waals surface area contributed by atoms with Crippen LogP contribution in [0.1, 0.15) is 39.5 Å².